The SMILES string of the molecule is C[C@H]1CC(CCOS(C)(=O)=O)C[C@H](C)O1. The summed E-state index contributed by atoms with van der Waals surface area (Å²) in [7, 11) is -3.28. The highest BCUT2D eigenvalue weighted by Gasteiger charge is 2.24. The first kappa shape index (κ1) is 12.9. The van der Waals surface area contributed by atoms with E-state index in [0.717, 1.165) is 25.5 Å². The third-order valence-electron chi connectivity index (χ3n) is 2.62. The second-order valence-corrected chi connectivity index (χ2v) is 6.05. The smallest absolute Gasteiger partial charge is 0.264 e. The van der Waals surface area contributed by atoms with Gasteiger partial charge in [-0.2, -0.15) is 8.42 Å². The van der Waals surface area contributed by atoms with Crippen LogP contribution in [0.15, 0.2) is 0 Å². The summed E-state index contributed by atoms with van der Waals surface area (Å²) in [6.07, 6.45) is 4.43. The van der Waals surface area contributed by atoms with Gasteiger partial charge in [-0.25, -0.2) is 0 Å². The molecule has 0 spiro atoms. The van der Waals surface area contributed by atoms with Gasteiger partial charge in [0.25, 0.3) is 10.1 Å². The highest BCUT2D eigenvalue weighted by molar-refractivity contribution is 7.85. The van der Waals surface area contributed by atoms with Crippen molar-refractivity contribution in [2.45, 2.75) is 45.3 Å². The fourth-order valence-corrected chi connectivity index (χ4v) is 2.54. The van der Waals surface area contributed by atoms with Gasteiger partial charge in [-0.15, -0.1) is 0 Å². The Morgan fingerprint density at radius 3 is 2.27 bits per heavy atom. The first-order chi connectivity index (χ1) is 6.87. The molecule has 1 aliphatic heterocycles. The van der Waals surface area contributed by atoms with Crippen LogP contribution in [0.1, 0.15) is 33.1 Å². The molecule has 5 heteroatoms. The quantitative estimate of drug-likeness (QED) is 0.695. The van der Waals surface area contributed by atoms with E-state index in [-0.39, 0.29) is 12.2 Å². The Morgan fingerprint density at radius 2 is 1.80 bits per heavy atom. The van der Waals surface area contributed by atoms with Crippen molar-refractivity contribution in [2.24, 2.45) is 5.92 Å². The molecule has 0 radical (unpaired) electrons. The topological polar surface area (TPSA) is 52.6 Å². The summed E-state index contributed by atoms with van der Waals surface area (Å²) in [5.41, 5.74) is 0. The minimum absolute atomic E-state index is 0.275. The molecule has 90 valence electrons. The maximum absolute atomic E-state index is 10.8. The van der Waals surface area contributed by atoms with Crippen molar-refractivity contribution in [1.29, 1.82) is 0 Å². The second-order valence-electron chi connectivity index (χ2n) is 4.41. The van der Waals surface area contributed by atoms with Crippen molar-refractivity contribution in [3.05, 3.63) is 0 Å². The molecule has 0 amide bonds. The molecule has 0 aromatic carbocycles. The molecule has 0 bridgehead atoms. The Kier molecular flexibility index (Phi) is 4.55. The monoisotopic (exact) mass is 236 g/mol. The molecular weight excluding hydrogens is 216 g/mol. The standard InChI is InChI=1S/C10H20O4S/c1-8-6-10(7-9(2)14-8)4-5-13-15(3,11)12/h8-10H,4-7H2,1-3H3/t8-,9-/m0/s1. The number of rotatable bonds is 4. The molecule has 0 saturated carbocycles. The summed E-state index contributed by atoms with van der Waals surface area (Å²) in [5.74, 6) is 0.519. The highest BCUT2D eigenvalue weighted by atomic mass is 32.2. The lowest BCUT2D eigenvalue weighted by Crippen LogP contribution is -2.29. The normalized spacial score (nSPS) is 32.9. The van der Waals surface area contributed by atoms with Gasteiger partial charge in [0.1, 0.15) is 0 Å². The fourth-order valence-electron chi connectivity index (χ4n) is 2.14. The van der Waals surface area contributed by atoms with E-state index in [1.807, 2.05) is 0 Å². The van der Waals surface area contributed by atoms with E-state index in [1.54, 1.807) is 0 Å². The summed E-state index contributed by atoms with van der Waals surface area (Å²) in [5, 5.41) is 0. The van der Waals surface area contributed by atoms with E-state index in [4.69, 9.17) is 8.92 Å². The molecule has 1 fully saturated rings. The lowest BCUT2D eigenvalue weighted by Gasteiger charge is -2.31. The van der Waals surface area contributed by atoms with E-state index >= 15 is 0 Å². The average Bonchev–Trinajstić information content (AvgIpc) is 1.99. The maximum atomic E-state index is 10.8. The first-order valence-electron chi connectivity index (χ1n) is 5.36. The van der Waals surface area contributed by atoms with Crippen LogP contribution >= 0.6 is 0 Å². The van der Waals surface area contributed by atoms with Crippen LogP contribution in [0.4, 0.5) is 0 Å². The largest absolute Gasteiger partial charge is 0.376 e. The summed E-state index contributed by atoms with van der Waals surface area (Å²) < 4.78 is 31.8. The molecule has 4 nitrogen and oxygen atoms in total. The summed E-state index contributed by atoms with van der Waals surface area (Å²) >= 11 is 0. The van der Waals surface area contributed by atoms with Gasteiger partial charge in [0.05, 0.1) is 25.1 Å². The third-order valence-corrected chi connectivity index (χ3v) is 3.21. The predicted molar refractivity (Wildman–Crippen MR) is 58.1 cm³/mol. The molecule has 0 aromatic heterocycles. The molecule has 0 aromatic rings. The van der Waals surface area contributed by atoms with Gasteiger partial charge in [-0.3, -0.25) is 4.18 Å². The molecular formula is C10H20O4S. The van der Waals surface area contributed by atoms with Crippen LogP contribution in [0.3, 0.4) is 0 Å². The second kappa shape index (κ2) is 5.27. The van der Waals surface area contributed by atoms with E-state index in [2.05, 4.69) is 13.8 Å². The van der Waals surface area contributed by atoms with Gasteiger partial charge < -0.3 is 4.74 Å². The van der Waals surface area contributed by atoms with Crippen molar-refractivity contribution < 1.29 is 17.3 Å². The Morgan fingerprint density at radius 1 is 1.27 bits per heavy atom. The molecule has 1 rings (SSSR count). The molecule has 0 unspecified atom stereocenters. The van der Waals surface area contributed by atoms with Crippen molar-refractivity contribution in [2.75, 3.05) is 12.9 Å². The number of hydrogen-bond donors (Lipinski definition) is 0. The Hall–Kier alpha value is -0.130. The van der Waals surface area contributed by atoms with Gasteiger partial charge in [-0.05, 0) is 39.0 Å². The Balaban J connectivity index is 2.26. The van der Waals surface area contributed by atoms with E-state index in [1.165, 1.54) is 0 Å². The fraction of sp³-hybridized carbons (Fsp3) is 1.00. The maximum Gasteiger partial charge on any atom is 0.264 e. The number of hydrogen-bond acceptors (Lipinski definition) is 4. The van der Waals surface area contributed by atoms with E-state index in [9.17, 15) is 8.42 Å². The van der Waals surface area contributed by atoms with Gasteiger partial charge in [0, 0.05) is 0 Å². The third kappa shape index (κ3) is 5.49. The van der Waals surface area contributed by atoms with Crippen LogP contribution in [0.2, 0.25) is 0 Å². The predicted octanol–water partition coefficient (Wildman–Crippen LogP) is 1.56. The summed E-state index contributed by atoms with van der Waals surface area (Å²) in [6.45, 7) is 4.41. The van der Waals surface area contributed by atoms with Gasteiger partial charge in [0.15, 0.2) is 0 Å². The van der Waals surface area contributed by atoms with Crippen molar-refractivity contribution in [3.8, 4) is 0 Å². The van der Waals surface area contributed by atoms with Crippen LogP contribution in [0.5, 0.6) is 0 Å². The first-order valence-corrected chi connectivity index (χ1v) is 7.18. The minimum atomic E-state index is -3.28. The van der Waals surface area contributed by atoms with Gasteiger partial charge >= 0.3 is 0 Å². The van der Waals surface area contributed by atoms with E-state index in [0.29, 0.717) is 12.5 Å². The van der Waals surface area contributed by atoms with Crippen molar-refractivity contribution >= 4 is 10.1 Å². The molecule has 0 N–H and O–H groups in total. The molecule has 1 saturated heterocycles. The van der Waals surface area contributed by atoms with Crippen LogP contribution in [0, 0.1) is 5.92 Å². The summed E-state index contributed by atoms with van der Waals surface area (Å²) in [4.78, 5) is 0. The molecule has 1 heterocycles. The van der Waals surface area contributed by atoms with Crippen LogP contribution in [-0.2, 0) is 19.0 Å². The highest BCUT2D eigenvalue weighted by Crippen LogP contribution is 2.27. The lowest BCUT2D eigenvalue weighted by atomic mass is 9.90. The molecule has 15 heavy (non-hydrogen) atoms. The van der Waals surface area contributed by atoms with Gasteiger partial charge in [0.2, 0.25) is 0 Å². The van der Waals surface area contributed by atoms with Crippen molar-refractivity contribution in [1.82, 2.24) is 0 Å². The zero-order valence-electron chi connectivity index (χ0n) is 9.60. The van der Waals surface area contributed by atoms with Crippen LogP contribution < -0.4 is 0 Å². The average molecular weight is 236 g/mol. The molecule has 1 aliphatic rings. The molecule has 2 atom stereocenters. The minimum Gasteiger partial charge on any atom is -0.376 e. The molecule has 0 aliphatic carbocycles. The number of ether oxygens (including phenoxy) is 1. The summed E-state index contributed by atoms with van der Waals surface area (Å²) in [6, 6.07) is 0. The van der Waals surface area contributed by atoms with Crippen LogP contribution in [0.25, 0.3) is 0 Å². The van der Waals surface area contributed by atoms with Gasteiger partial charge in [-0.1, -0.05) is 0 Å². The lowest BCUT2D eigenvalue weighted by molar-refractivity contribution is -0.0548. The zero-order chi connectivity index (χ0) is 11.5. The Labute approximate surface area is 92.1 Å². The van der Waals surface area contributed by atoms with Crippen molar-refractivity contribution in [3.63, 3.8) is 0 Å². The van der Waals surface area contributed by atoms with E-state index < -0.39 is 10.1 Å². The Bertz CT molecular complexity index is 276. The van der Waals surface area contributed by atoms with Crippen LogP contribution in [-0.4, -0.2) is 33.5 Å². The zero-order valence-corrected chi connectivity index (χ0v) is 10.4.